The molecular formula is C13H18N2O4S. The number of nitrogens with zero attached hydrogens (tertiary/aromatic N) is 1. The molecule has 0 bridgehead atoms. The van der Waals surface area contributed by atoms with Crippen molar-refractivity contribution < 1.29 is 17.9 Å². The van der Waals surface area contributed by atoms with Crippen molar-refractivity contribution in [2.24, 2.45) is 0 Å². The third-order valence-electron chi connectivity index (χ3n) is 3.03. The van der Waals surface area contributed by atoms with Crippen molar-refractivity contribution in [3.8, 4) is 5.75 Å². The number of sulfonamides is 1. The molecule has 1 amide bonds. The highest BCUT2D eigenvalue weighted by molar-refractivity contribution is 7.89. The minimum absolute atomic E-state index is 0.134. The van der Waals surface area contributed by atoms with Crippen LogP contribution in [0.25, 0.3) is 0 Å². The van der Waals surface area contributed by atoms with E-state index in [2.05, 4.69) is 4.72 Å². The first-order chi connectivity index (χ1) is 9.45. The van der Waals surface area contributed by atoms with Gasteiger partial charge in [-0.05, 0) is 24.6 Å². The summed E-state index contributed by atoms with van der Waals surface area (Å²) in [6, 6.07) is 4.55. The van der Waals surface area contributed by atoms with E-state index in [4.69, 9.17) is 4.74 Å². The molecule has 1 aromatic carbocycles. The molecule has 0 unspecified atom stereocenters. The first-order valence-electron chi connectivity index (χ1n) is 6.50. The van der Waals surface area contributed by atoms with Gasteiger partial charge in [0.05, 0.1) is 17.1 Å². The number of hydrogen-bond donors (Lipinski definition) is 1. The van der Waals surface area contributed by atoms with Gasteiger partial charge in [-0.15, -0.1) is 0 Å². The number of amides is 1. The van der Waals surface area contributed by atoms with Gasteiger partial charge in [-0.3, -0.25) is 4.79 Å². The predicted octanol–water partition coefficient (Wildman–Crippen LogP) is 1.12. The maximum Gasteiger partial charge on any atom is 0.240 e. The van der Waals surface area contributed by atoms with Crippen molar-refractivity contribution in [3.63, 3.8) is 0 Å². The van der Waals surface area contributed by atoms with Gasteiger partial charge in [-0.25, -0.2) is 13.1 Å². The molecule has 0 atom stereocenters. The Morgan fingerprint density at radius 2 is 2.20 bits per heavy atom. The summed E-state index contributed by atoms with van der Waals surface area (Å²) in [7, 11) is -3.55. The quantitative estimate of drug-likeness (QED) is 0.904. The maximum absolute atomic E-state index is 12.1. The fourth-order valence-electron chi connectivity index (χ4n) is 2.01. The molecule has 20 heavy (non-hydrogen) atoms. The van der Waals surface area contributed by atoms with Crippen molar-refractivity contribution in [2.45, 2.75) is 25.2 Å². The monoisotopic (exact) mass is 298 g/mol. The zero-order valence-electron chi connectivity index (χ0n) is 11.5. The van der Waals surface area contributed by atoms with E-state index in [1.165, 1.54) is 24.0 Å². The van der Waals surface area contributed by atoms with E-state index >= 15 is 0 Å². The van der Waals surface area contributed by atoms with E-state index < -0.39 is 10.0 Å². The van der Waals surface area contributed by atoms with Crippen LogP contribution in [0.2, 0.25) is 0 Å². The number of fused-ring (bicyclic) bond motifs is 1. The van der Waals surface area contributed by atoms with E-state index in [1.807, 2.05) is 6.92 Å². The molecule has 2 rings (SSSR count). The van der Waals surface area contributed by atoms with Crippen LogP contribution in [0.15, 0.2) is 23.1 Å². The Kier molecular flexibility index (Phi) is 4.29. The van der Waals surface area contributed by atoms with Crippen LogP contribution in [0.1, 0.15) is 20.3 Å². The fraction of sp³-hybridized carbons (Fsp3) is 0.462. The molecule has 0 fully saturated rings. The lowest BCUT2D eigenvalue weighted by Gasteiger charge is -2.29. The molecule has 0 radical (unpaired) electrons. The van der Waals surface area contributed by atoms with Crippen LogP contribution in [0.3, 0.4) is 0 Å². The molecule has 0 aromatic heterocycles. The Morgan fingerprint density at radius 1 is 1.45 bits per heavy atom. The fourth-order valence-corrected chi connectivity index (χ4v) is 3.16. The van der Waals surface area contributed by atoms with Crippen LogP contribution in [0.4, 0.5) is 5.69 Å². The first kappa shape index (κ1) is 14.8. The maximum atomic E-state index is 12.1. The van der Waals surface area contributed by atoms with Crippen molar-refractivity contribution in [1.29, 1.82) is 0 Å². The number of benzene rings is 1. The van der Waals surface area contributed by atoms with Crippen molar-refractivity contribution >= 4 is 21.6 Å². The lowest BCUT2D eigenvalue weighted by Crippen LogP contribution is -2.36. The summed E-state index contributed by atoms with van der Waals surface area (Å²) in [6.45, 7) is 4.56. The second kappa shape index (κ2) is 5.80. The van der Waals surface area contributed by atoms with Crippen molar-refractivity contribution in [2.75, 3.05) is 24.6 Å². The smallest absolute Gasteiger partial charge is 0.240 e. The number of carbonyl (C=O) groups is 1. The minimum Gasteiger partial charge on any atom is -0.490 e. The van der Waals surface area contributed by atoms with Crippen LogP contribution in [0.5, 0.6) is 5.75 Å². The summed E-state index contributed by atoms with van der Waals surface area (Å²) in [6.07, 6.45) is 0.715. The normalized spacial score (nSPS) is 14.6. The Balaban J connectivity index is 2.39. The lowest BCUT2D eigenvalue weighted by atomic mass is 10.2. The van der Waals surface area contributed by atoms with E-state index in [0.717, 1.165) is 0 Å². The summed E-state index contributed by atoms with van der Waals surface area (Å²) in [5.74, 6) is 0.395. The van der Waals surface area contributed by atoms with Gasteiger partial charge in [0.25, 0.3) is 0 Å². The Bertz CT molecular complexity index is 613. The number of anilines is 1. The van der Waals surface area contributed by atoms with Crippen molar-refractivity contribution in [3.05, 3.63) is 18.2 Å². The summed E-state index contributed by atoms with van der Waals surface area (Å²) < 4.78 is 32.1. The molecule has 0 aliphatic carbocycles. The average Bonchev–Trinajstić information content (AvgIpc) is 2.43. The van der Waals surface area contributed by atoms with Gasteiger partial charge >= 0.3 is 0 Å². The van der Waals surface area contributed by atoms with Gasteiger partial charge < -0.3 is 9.64 Å². The average molecular weight is 298 g/mol. The summed E-state index contributed by atoms with van der Waals surface area (Å²) in [4.78, 5) is 13.3. The number of carbonyl (C=O) groups excluding carboxylic acids is 1. The van der Waals surface area contributed by atoms with E-state index in [-0.39, 0.29) is 10.8 Å². The topological polar surface area (TPSA) is 75.7 Å². The molecule has 0 spiro atoms. The zero-order chi connectivity index (χ0) is 14.8. The Hall–Kier alpha value is -1.60. The standard InChI is InChI=1S/C13H18N2O4S/c1-3-6-14-20(17,18)11-4-5-13-12(9-11)15(10(2)16)7-8-19-13/h4-5,9,14H,3,6-8H2,1-2H3. The van der Waals surface area contributed by atoms with Crippen LogP contribution < -0.4 is 14.4 Å². The zero-order valence-corrected chi connectivity index (χ0v) is 12.4. The first-order valence-corrected chi connectivity index (χ1v) is 7.98. The Labute approximate surface area is 118 Å². The van der Waals surface area contributed by atoms with Crippen LogP contribution in [-0.4, -0.2) is 34.0 Å². The van der Waals surface area contributed by atoms with Gasteiger partial charge in [0.2, 0.25) is 15.9 Å². The highest BCUT2D eigenvalue weighted by atomic mass is 32.2. The molecule has 0 saturated carbocycles. The molecule has 1 heterocycles. The Morgan fingerprint density at radius 3 is 2.85 bits per heavy atom. The SMILES string of the molecule is CCCNS(=O)(=O)c1ccc2c(c1)N(C(C)=O)CCO2. The van der Waals surface area contributed by atoms with Gasteiger partial charge in [0, 0.05) is 13.5 Å². The van der Waals surface area contributed by atoms with Crippen LogP contribution in [-0.2, 0) is 14.8 Å². The van der Waals surface area contributed by atoms with Gasteiger partial charge in [0.15, 0.2) is 0 Å². The molecule has 0 saturated heterocycles. The highest BCUT2D eigenvalue weighted by Crippen LogP contribution is 2.33. The molecular weight excluding hydrogens is 280 g/mol. The predicted molar refractivity (Wildman–Crippen MR) is 75.4 cm³/mol. The van der Waals surface area contributed by atoms with Gasteiger partial charge in [-0.1, -0.05) is 6.92 Å². The molecule has 6 nitrogen and oxygen atoms in total. The van der Waals surface area contributed by atoms with E-state index in [0.29, 0.717) is 37.6 Å². The second-order valence-corrected chi connectivity index (χ2v) is 6.31. The number of hydrogen-bond acceptors (Lipinski definition) is 4. The summed E-state index contributed by atoms with van der Waals surface area (Å²) in [5.41, 5.74) is 0.503. The molecule has 7 heteroatoms. The highest BCUT2D eigenvalue weighted by Gasteiger charge is 2.24. The second-order valence-electron chi connectivity index (χ2n) is 4.55. The van der Waals surface area contributed by atoms with E-state index in [1.54, 1.807) is 6.07 Å². The third kappa shape index (κ3) is 2.94. The molecule has 1 N–H and O–H groups in total. The molecule has 1 aromatic rings. The lowest BCUT2D eigenvalue weighted by molar-refractivity contribution is -0.116. The number of ether oxygens (including phenoxy) is 1. The third-order valence-corrected chi connectivity index (χ3v) is 4.48. The van der Waals surface area contributed by atoms with Crippen molar-refractivity contribution in [1.82, 2.24) is 4.72 Å². The minimum atomic E-state index is -3.55. The van der Waals surface area contributed by atoms with Crippen LogP contribution >= 0.6 is 0 Å². The van der Waals surface area contributed by atoms with Gasteiger partial charge in [0.1, 0.15) is 12.4 Å². The van der Waals surface area contributed by atoms with E-state index in [9.17, 15) is 13.2 Å². The molecule has 1 aliphatic heterocycles. The molecule has 110 valence electrons. The number of rotatable bonds is 4. The largest absolute Gasteiger partial charge is 0.490 e. The van der Waals surface area contributed by atoms with Crippen LogP contribution in [0, 0.1) is 0 Å². The van der Waals surface area contributed by atoms with Gasteiger partial charge in [-0.2, -0.15) is 0 Å². The number of nitrogens with one attached hydrogen (secondary N) is 1. The molecule has 1 aliphatic rings. The summed E-state index contributed by atoms with van der Waals surface area (Å²) >= 11 is 0. The summed E-state index contributed by atoms with van der Waals surface area (Å²) in [5, 5.41) is 0.